The number of carbonyl (C=O) groups excluding carboxylic acids is 1. The van der Waals surface area contributed by atoms with Crippen LogP contribution in [-0.4, -0.2) is 53.9 Å². The molecule has 8 nitrogen and oxygen atoms in total. The minimum absolute atomic E-state index is 0.0976. The number of carbonyl (C=O) groups is 1. The summed E-state index contributed by atoms with van der Waals surface area (Å²) in [6.07, 6.45) is 0.551. The summed E-state index contributed by atoms with van der Waals surface area (Å²) in [5.41, 5.74) is 7.06. The van der Waals surface area contributed by atoms with Gasteiger partial charge in [0.15, 0.2) is 0 Å². The first-order chi connectivity index (χ1) is 11.2. The minimum atomic E-state index is -0.0976. The second kappa shape index (κ2) is 7.10. The summed E-state index contributed by atoms with van der Waals surface area (Å²) in [4.78, 5) is 18.6. The van der Waals surface area contributed by atoms with Gasteiger partial charge < -0.3 is 20.7 Å². The molecule has 122 valence electrons. The van der Waals surface area contributed by atoms with Crippen LogP contribution in [0.5, 0.6) is 0 Å². The van der Waals surface area contributed by atoms with Gasteiger partial charge in [0.1, 0.15) is 5.82 Å². The topological polar surface area (TPSA) is 109 Å². The van der Waals surface area contributed by atoms with Crippen LogP contribution in [0.1, 0.15) is 16.2 Å². The van der Waals surface area contributed by atoms with Crippen molar-refractivity contribution in [1.29, 1.82) is 0 Å². The maximum Gasteiger partial charge on any atom is 0.253 e. The summed E-state index contributed by atoms with van der Waals surface area (Å²) in [6.45, 7) is 3.42. The number of hydrogen-bond acceptors (Lipinski definition) is 6. The van der Waals surface area contributed by atoms with Gasteiger partial charge in [0.2, 0.25) is 5.95 Å². The largest absolute Gasteiger partial charge is 0.378 e. The number of hydrogen-bond donors (Lipinski definition) is 3. The van der Waals surface area contributed by atoms with Crippen molar-refractivity contribution in [3.05, 3.63) is 35.7 Å². The Balaban J connectivity index is 1.62. The highest BCUT2D eigenvalue weighted by Crippen LogP contribution is 2.21. The maximum absolute atomic E-state index is 12.5. The second-order valence-corrected chi connectivity index (χ2v) is 5.26. The fraction of sp³-hybridized carbons (Fsp3) is 0.400. The Kier molecular flexibility index (Phi) is 4.72. The number of para-hydroxylation sites is 1. The number of aromatic amines is 1. The van der Waals surface area contributed by atoms with E-state index in [0.717, 1.165) is 18.8 Å². The zero-order chi connectivity index (χ0) is 16.1. The fourth-order valence-corrected chi connectivity index (χ4v) is 2.56. The lowest BCUT2D eigenvalue weighted by Gasteiger charge is -2.30. The average Bonchev–Trinajstić information content (AvgIpc) is 3.01. The maximum atomic E-state index is 12.5. The van der Waals surface area contributed by atoms with E-state index in [0.29, 0.717) is 37.6 Å². The van der Waals surface area contributed by atoms with Crippen molar-refractivity contribution in [3.8, 4) is 0 Å². The summed E-state index contributed by atoms with van der Waals surface area (Å²) < 4.78 is 5.37. The minimum Gasteiger partial charge on any atom is -0.378 e. The lowest BCUT2D eigenvalue weighted by molar-refractivity contribution is 0.0952. The normalized spacial score (nSPS) is 14.7. The summed E-state index contributed by atoms with van der Waals surface area (Å²) in [6, 6.07) is 7.62. The number of nitrogens with zero attached hydrogens (tertiary/aromatic N) is 3. The fourth-order valence-electron chi connectivity index (χ4n) is 2.56. The Morgan fingerprint density at radius 1 is 1.35 bits per heavy atom. The number of aromatic nitrogens is 3. The standard InChI is InChI=1S/C15H20N6O2/c16-15-18-13(19-20-15)5-6-17-14(22)11-3-1-2-4-12(11)21-7-9-23-10-8-21/h1-4H,5-10H2,(H,17,22)(H3,16,18,19,20). The summed E-state index contributed by atoms with van der Waals surface area (Å²) in [7, 11) is 0. The van der Waals surface area contributed by atoms with Gasteiger partial charge in [0.25, 0.3) is 5.91 Å². The van der Waals surface area contributed by atoms with E-state index < -0.39 is 0 Å². The van der Waals surface area contributed by atoms with E-state index >= 15 is 0 Å². The number of nitrogen functional groups attached to an aromatic ring is 1. The number of nitrogens with one attached hydrogen (secondary N) is 2. The Morgan fingerprint density at radius 3 is 2.87 bits per heavy atom. The molecule has 1 aliphatic rings. The molecule has 1 aromatic carbocycles. The van der Waals surface area contributed by atoms with Crippen LogP contribution in [0, 0.1) is 0 Å². The van der Waals surface area contributed by atoms with E-state index in [1.807, 2.05) is 24.3 Å². The van der Waals surface area contributed by atoms with E-state index in [4.69, 9.17) is 10.5 Å². The number of amides is 1. The second-order valence-electron chi connectivity index (χ2n) is 5.26. The predicted molar refractivity (Wildman–Crippen MR) is 86.3 cm³/mol. The van der Waals surface area contributed by atoms with Crippen LogP contribution in [0.3, 0.4) is 0 Å². The zero-order valence-electron chi connectivity index (χ0n) is 12.8. The van der Waals surface area contributed by atoms with Crippen molar-refractivity contribution < 1.29 is 9.53 Å². The Morgan fingerprint density at radius 2 is 2.13 bits per heavy atom. The number of benzene rings is 1. The molecule has 0 spiro atoms. The number of H-pyrrole nitrogens is 1. The van der Waals surface area contributed by atoms with Crippen molar-refractivity contribution in [2.45, 2.75) is 6.42 Å². The van der Waals surface area contributed by atoms with Gasteiger partial charge in [-0.25, -0.2) is 0 Å². The van der Waals surface area contributed by atoms with E-state index in [1.165, 1.54) is 0 Å². The summed E-state index contributed by atoms with van der Waals surface area (Å²) in [5.74, 6) is 0.771. The molecule has 0 unspecified atom stereocenters. The highest BCUT2D eigenvalue weighted by atomic mass is 16.5. The quantitative estimate of drug-likeness (QED) is 0.727. The van der Waals surface area contributed by atoms with E-state index in [2.05, 4.69) is 25.4 Å². The first-order valence-electron chi connectivity index (χ1n) is 7.61. The molecule has 23 heavy (non-hydrogen) atoms. The molecule has 2 aromatic rings. The molecule has 1 aliphatic heterocycles. The first kappa shape index (κ1) is 15.3. The molecule has 3 rings (SSSR count). The van der Waals surface area contributed by atoms with Crippen LogP contribution >= 0.6 is 0 Å². The summed E-state index contributed by atoms with van der Waals surface area (Å²) in [5, 5.41) is 9.39. The van der Waals surface area contributed by atoms with Crippen molar-refractivity contribution in [1.82, 2.24) is 20.5 Å². The molecule has 1 aromatic heterocycles. The molecule has 0 radical (unpaired) electrons. The van der Waals surface area contributed by atoms with Gasteiger partial charge in [-0.3, -0.25) is 9.89 Å². The summed E-state index contributed by atoms with van der Waals surface area (Å²) >= 11 is 0. The van der Waals surface area contributed by atoms with Crippen molar-refractivity contribution in [2.75, 3.05) is 43.5 Å². The molecule has 0 bridgehead atoms. The molecule has 1 fully saturated rings. The Hall–Kier alpha value is -2.61. The van der Waals surface area contributed by atoms with Gasteiger partial charge in [-0.15, -0.1) is 5.10 Å². The van der Waals surface area contributed by atoms with Crippen LogP contribution in [-0.2, 0) is 11.2 Å². The van der Waals surface area contributed by atoms with E-state index in [1.54, 1.807) is 0 Å². The van der Waals surface area contributed by atoms with Gasteiger partial charge in [-0.1, -0.05) is 12.1 Å². The van der Waals surface area contributed by atoms with E-state index in [-0.39, 0.29) is 11.9 Å². The highest BCUT2D eigenvalue weighted by Gasteiger charge is 2.18. The SMILES string of the molecule is Nc1n[nH]c(CCNC(=O)c2ccccc2N2CCOCC2)n1. The molecular formula is C15H20N6O2. The van der Waals surface area contributed by atoms with Gasteiger partial charge in [0, 0.05) is 31.7 Å². The van der Waals surface area contributed by atoms with Gasteiger partial charge >= 0.3 is 0 Å². The number of ether oxygens (including phenoxy) is 1. The van der Waals surface area contributed by atoms with Crippen LogP contribution in [0.15, 0.2) is 24.3 Å². The first-order valence-corrected chi connectivity index (χ1v) is 7.61. The molecule has 1 saturated heterocycles. The average molecular weight is 316 g/mol. The molecule has 4 N–H and O–H groups in total. The number of anilines is 2. The van der Waals surface area contributed by atoms with E-state index in [9.17, 15) is 4.79 Å². The number of rotatable bonds is 5. The predicted octanol–water partition coefficient (Wildman–Crippen LogP) is 0.196. The zero-order valence-corrected chi connectivity index (χ0v) is 12.8. The molecule has 0 saturated carbocycles. The third-order valence-corrected chi connectivity index (χ3v) is 3.70. The molecule has 1 amide bonds. The smallest absolute Gasteiger partial charge is 0.253 e. The third-order valence-electron chi connectivity index (χ3n) is 3.70. The Bertz CT molecular complexity index is 665. The Labute approximate surface area is 134 Å². The molecule has 0 aliphatic carbocycles. The van der Waals surface area contributed by atoms with Gasteiger partial charge in [-0.2, -0.15) is 4.98 Å². The van der Waals surface area contributed by atoms with Gasteiger partial charge in [-0.05, 0) is 12.1 Å². The van der Waals surface area contributed by atoms with Crippen LogP contribution in [0.25, 0.3) is 0 Å². The lowest BCUT2D eigenvalue weighted by Crippen LogP contribution is -2.38. The molecule has 0 atom stereocenters. The monoisotopic (exact) mass is 316 g/mol. The van der Waals surface area contributed by atoms with Crippen molar-refractivity contribution in [3.63, 3.8) is 0 Å². The number of morpholine rings is 1. The highest BCUT2D eigenvalue weighted by molar-refractivity contribution is 5.99. The number of nitrogens with two attached hydrogens (primary N) is 1. The van der Waals surface area contributed by atoms with Crippen molar-refractivity contribution >= 4 is 17.5 Å². The van der Waals surface area contributed by atoms with Crippen molar-refractivity contribution in [2.24, 2.45) is 0 Å². The third kappa shape index (κ3) is 3.78. The van der Waals surface area contributed by atoms with Crippen LogP contribution < -0.4 is 16.0 Å². The van der Waals surface area contributed by atoms with Crippen LogP contribution in [0.2, 0.25) is 0 Å². The molecule has 8 heteroatoms. The van der Waals surface area contributed by atoms with Crippen LogP contribution in [0.4, 0.5) is 11.6 Å². The molecule has 2 heterocycles. The molecular weight excluding hydrogens is 296 g/mol. The lowest BCUT2D eigenvalue weighted by atomic mass is 10.1. The van der Waals surface area contributed by atoms with Gasteiger partial charge in [0.05, 0.1) is 18.8 Å².